The molecule has 0 saturated heterocycles. The predicted molar refractivity (Wildman–Crippen MR) is 89.6 cm³/mol. The van der Waals surface area contributed by atoms with Crippen molar-refractivity contribution in [1.29, 1.82) is 0 Å². The molecule has 0 spiro atoms. The number of anilines is 1. The van der Waals surface area contributed by atoms with Crippen molar-refractivity contribution in [3.63, 3.8) is 0 Å². The highest BCUT2D eigenvalue weighted by Gasteiger charge is 2.31. The molecule has 0 saturated carbocycles. The number of fused-ring (bicyclic) bond motifs is 1. The van der Waals surface area contributed by atoms with Crippen LogP contribution in [0.15, 0.2) is 42.6 Å². The third-order valence-electron chi connectivity index (χ3n) is 4.33. The summed E-state index contributed by atoms with van der Waals surface area (Å²) >= 11 is 0. The van der Waals surface area contributed by atoms with Gasteiger partial charge in [-0.3, -0.25) is 9.78 Å². The standard InChI is InChI=1S/C18H21N3O2/c1-20(2)14-7-9-19-16(11-14)18(23)21-10-8-13-5-3-4-6-15(13)17(21)12-22/h3-7,9,11,17,22H,8,10,12H2,1-2H3. The Balaban J connectivity index is 1.92. The Morgan fingerprint density at radius 1 is 1.35 bits per heavy atom. The van der Waals surface area contributed by atoms with Crippen LogP contribution in [0.3, 0.4) is 0 Å². The lowest BCUT2D eigenvalue weighted by atomic mass is 9.92. The number of aliphatic hydroxyl groups is 1. The first-order valence-corrected chi connectivity index (χ1v) is 7.75. The van der Waals surface area contributed by atoms with Gasteiger partial charge in [-0.2, -0.15) is 0 Å². The molecule has 23 heavy (non-hydrogen) atoms. The Bertz CT molecular complexity index is 715. The normalized spacial score (nSPS) is 16.8. The molecule has 1 amide bonds. The van der Waals surface area contributed by atoms with Crippen molar-refractivity contribution in [3.8, 4) is 0 Å². The topological polar surface area (TPSA) is 56.7 Å². The number of pyridine rings is 1. The monoisotopic (exact) mass is 311 g/mol. The van der Waals surface area contributed by atoms with E-state index in [1.165, 1.54) is 5.56 Å². The average molecular weight is 311 g/mol. The van der Waals surface area contributed by atoms with Gasteiger partial charge in [-0.1, -0.05) is 24.3 Å². The van der Waals surface area contributed by atoms with E-state index < -0.39 is 0 Å². The van der Waals surface area contributed by atoms with E-state index in [1.54, 1.807) is 17.2 Å². The van der Waals surface area contributed by atoms with Gasteiger partial charge in [0.25, 0.3) is 5.91 Å². The summed E-state index contributed by atoms with van der Waals surface area (Å²) in [6, 6.07) is 11.3. The zero-order valence-corrected chi connectivity index (χ0v) is 13.4. The van der Waals surface area contributed by atoms with Gasteiger partial charge in [-0.05, 0) is 29.7 Å². The van der Waals surface area contributed by atoms with E-state index in [-0.39, 0.29) is 18.6 Å². The van der Waals surface area contributed by atoms with Crippen molar-refractivity contribution in [2.24, 2.45) is 0 Å². The van der Waals surface area contributed by atoms with Crippen LogP contribution in [0.25, 0.3) is 0 Å². The second-order valence-electron chi connectivity index (χ2n) is 5.94. The molecule has 1 aromatic heterocycles. The smallest absolute Gasteiger partial charge is 0.273 e. The lowest BCUT2D eigenvalue weighted by Gasteiger charge is -2.36. The molecule has 2 heterocycles. The molecule has 5 heteroatoms. The maximum atomic E-state index is 12.9. The van der Waals surface area contributed by atoms with Crippen LogP contribution >= 0.6 is 0 Å². The van der Waals surface area contributed by atoms with Crippen LogP contribution in [-0.4, -0.2) is 48.1 Å². The number of rotatable bonds is 3. The number of benzene rings is 1. The fourth-order valence-corrected chi connectivity index (χ4v) is 3.05. The van der Waals surface area contributed by atoms with Crippen molar-refractivity contribution < 1.29 is 9.90 Å². The first kappa shape index (κ1) is 15.5. The second-order valence-corrected chi connectivity index (χ2v) is 5.94. The molecular weight excluding hydrogens is 290 g/mol. The molecule has 0 bridgehead atoms. The van der Waals surface area contributed by atoms with E-state index in [2.05, 4.69) is 11.1 Å². The van der Waals surface area contributed by atoms with Crippen LogP contribution in [-0.2, 0) is 6.42 Å². The second kappa shape index (κ2) is 6.38. The molecule has 1 aliphatic heterocycles. The summed E-state index contributed by atoms with van der Waals surface area (Å²) in [5, 5.41) is 9.82. The summed E-state index contributed by atoms with van der Waals surface area (Å²) in [6.07, 6.45) is 2.44. The van der Waals surface area contributed by atoms with Crippen LogP contribution < -0.4 is 4.90 Å². The third kappa shape index (κ3) is 2.92. The van der Waals surface area contributed by atoms with Crippen molar-refractivity contribution in [3.05, 3.63) is 59.4 Å². The Labute approximate surface area is 136 Å². The number of carbonyl (C=O) groups excluding carboxylic acids is 1. The van der Waals surface area contributed by atoms with Gasteiger partial charge < -0.3 is 14.9 Å². The quantitative estimate of drug-likeness (QED) is 0.940. The maximum Gasteiger partial charge on any atom is 0.273 e. The van der Waals surface area contributed by atoms with E-state index in [1.807, 2.05) is 43.3 Å². The minimum absolute atomic E-state index is 0.0872. The van der Waals surface area contributed by atoms with Crippen LogP contribution in [0, 0.1) is 0 Å². The molecule has 1 unspecified atom stereocenters. The van der Waals surface area contributed by atoms with Crippen LogP contribution in [0.2, 0.25) is 0 Å². The molecule has 3 rings (SSSR count). The van der Waals surface area contributed by atoms with Gasteiger partial charge in [-0.15, -0.1) is 0 Å². The maximum absolute atomic E-state index is 12.9. The van der Waals surface area contributed by atoms with Crippen molar-refractivity contribution in [1.82, 2.24) is 9.88 Å². The van der Waals surface area contributed by atoms with Crippen LogP contribution in [0.5, 0.6) is 0 Å². The van der Waals surface area contributed by atoms with E-state index in [0.29, 0.717) is 12.2 Å². The van der Waals surface area contributed by atoms with Gasteiger partial charge in [0.05, 0.1) is 12.6 Å². The molecule has 5 nitrogen and oxygen atoms in total. The Morgan fingerprint density at radius 2 is 2.13 bits per heavy atom. The molecule has 2 aromatic rings. The zero-order chi connectivity index (χ0) is 16.4. The van der Waals surface area contributed by atoms with Gasteiger partial charge >= 0.3 is 0 Å². The number of hydrogen-bond acceptors (Lipinski definition) is 4. The van der Waals surface area contributed by atoms with Crippen LogP contribution in [0.4, 0.5) is 5.69 Å². The average Bonchev–Trinajstić information content (AvgIpc) is 2.60. The Hall–Kier alpha value is -2.40. The van der Waals surface area contributed by atoms with Gasteiger partial charge in [0.1, 0.15) is 5.69 Å². The number of hydrogen-bond donors (Lipinski definition) is 1. The SMILES string of the molecule is CN(C)c1ccnc(C(=O)N2CCc3ccccc3C2CO)c1. The number of carbonyl (C=O) groups is 1. The van der Waals surface area contributed by atoms with Crippen molar-refractivity contribution in [2.75, 3.05) is 32.1 Å². The highest BCUT2D eigenvalue weighted by Crippen LogP contribution is 2.30. The van der Waals surface area contributed by atoms with Gasteiger partial charge in [0, 0.05) is 32.5 Å². The first-order valence-electron chi connectivity index (χ1n) is 7.75. The van der Waals surface area contributed by atoms with Crippen molar-refractivity contribution >= 4 is 11.6 Å². The highest BCUT2D eigenvalue weighted by atomic mass is 16.3. The molecule has 1 atom stereocenters. The molecule has 120 valence electrons. The van der Waals surface area contributed by atoms with Gasteiger partial charge in [0.15, 0.2) is 0 Å². The number of nitrogens with zero attached hydrogens (tertiary/aromatic N) is 3. The fraction of sp³-hybridized carbons (Fsp3) is 0.333. The molecule has 1 N–H and O–H groups in total. The highest BCUT2D eigenvalue weighted by molar-refractivity contribution is 5.93. The number of aliphatic hydroxyl groups excluding tert-OH is 1. The Kier molecular flexibility index (Phi) is 4.30. The van der Waals surface area contributed by atoms with E-state index in [4.69, 9.17) is 0 Å². The lowest BCUT2D eigenvalue weighted by Crippen LogP contribution is -2.42. The summed E-state index contributed by atoms with van der Waals surface area (Å²) in [5.74, 6) is -0.137. The lowest BCUT2D eigenvalue weighted by molar-refractivity contribution is 0.0563. The van der Waals surface area contributed by atoms with Gasteiger partial charge in [-0.25, -0.2) is 0 Å². The molecule has 1 aliphatic rings. The van der Waals surface area contributed by atoms with E-state index >= 15 is 0 Å². The van der Waals surface area contributed by atoms with E-state index in [9.17, 15) is 9.90 Å². The molecule has 0 radical (unpaired) electrons. The summed E-state index contributed by atoms with van der Waals surface area (Å²) in [7, 11) is 3.86. The Morgan fingerprint density at radius 3 is 2.87 bits per heavy atom. The molecular formula is C18H21N3O2. The van der Waals surface area contributed by atoms with Crippen molar-refractivity contribution in [2.45, 2.75) is 12.5 Å². The predicted octanol–water partition coefficient (Wildman–Crippen LogP) is 1.88. The zero-order valence-electron chi connectivity index (χ0n) is 13.4. The van der Waals surface area contributed by atoms with Gasteiger partial charge in [0.2, 0.25) is 0 Å². The minimum atomic E-state index is -0.308. The fourth-order valence-electron chi connectivity index (χ4n) is 3.05. The molecule has 1 aromatic carbocycles. The minimum Gasteiger partial charge on any atom is -0.394 e. The van der Waals surface area contributed by atoms with Crippen LogP contribution in [0.1, 0.15) is 27.7 Å². The largest absolute Gasteiger partial charge is 0.394 e. The third-order valence-corrected chi connectivity index (χ3v) is 4.33. The summed E-state index contributed by atoms with van der Waals surface area (Å²) in [6.45, 7) is 0.505. The summed E-state index contributed by atoms with van der Waals surface area (Å²) < 4.78 is 0. The summed E-state index contributed by atoms with van der Waals surface area (Å²) in [4.78, 5) is 20.8. The molecule has 0 fully saturated rings. The molecule has 0 aliphatic carbocycles. The summed E-state index contributed by atoms with van der Waals surface area (Å²) in [5.41, 5.74) is 3.57. The first-order chi connectivity index (χ1) is 11.1. The number of aromatic nitrogens is 1. The van der Waals surface area contributed by atoms with E-state index in [0.717, 1.165) is 17.7 Å². The number of amides is 1.